The lowest BCUT2D eigenvalue weighted by atomic mass is 9.80. The minimum Gasteiger partial charge on any atom is -0.365 e. The Morgan fingerprint density at radius 2 is 0.679 bits per heavy atom. The van der Waals surface area contributed by atoms with Crippen LogP contribution in [0.15, 0.2) is 0 Å². The van der Waals surface area contributed by atoms with Gasteiger partial charge in [0.1, 0.15) is 12.3 Å². The molecule has 0 aliphatic carbocycles. The van der Waals surface area contributed by atoms with E-state index in [1.54, 1.807) is 14.2 Å². The Labute approximate surface area is 346 Å². The molecule has 3 saturated heterocycles. The quantitative estimate of drug-likeness (QED) is 0.0661. The highest BCUT2D eigenvalue weighted by atomic mass is 16.5. The number of rotatable bonds is 32. The van der Waals surface area contributed by atoms with Gasteiger partial charge in [-0.05, 0) is 53.4 Å². The third-order valence-corrected chi connectivity index (χ3v) is 13.5. The molecule has 8 heteroatoms. The summed E-state index contributed by atoms with van der Waals surface area (Å²) in [6.07, 6.45) is 37.2. The first-order chi connectivity index (χ1) is 26.9. The Hall–Kier alpha value is -1.22. The summed E-state index contributed by atoms with van der Waals surface area (Å²) in [5.74, 6) is -0.0519. The smallest absolute Gasteiger partial charge is 0.255 e. The van der Waals surface area contributed by atoms with Crippen molar-refractivity contribution >= 4 is 11.8 Å². The van der Waals surface area contributed by atoms with Crippen molar-refractivity contribution in [3.8, 4) is 0 Å². The fraction of sp³-hybridized carbons (Fsp3) is 0.958. The van der Waals surface area contributed by atoms with Crippen molar-refractivity contribution in [3.63, 3.8) is 0 Å². The predicted molar refractivity (Wildman–Crippen MR) is 235 cm³/mol. The van der Waals surface area contributed by atoms with Crippen LogP contribution in [0.1, 0.15) is 234 Å². The fourth-order valence-electron chi connectivity index (χ4n) is 10.3. The summed E-state index contributed by atoms with van der Waals surface area (Å²) in [6, 6.07) is 0. The van der Waals surface area contributed by atoms with Crippen LogP contribution >= 0.6 is 0 Å². The second-order valence-electron chi connectivity index (χ2n) is 19.6. The average molecular weight is 789 g/mol. The van der Waals surface area contributed by atoms with Crippen molar-refractivity contribution in [2.24, 2.45) is 0 Å². The molecule has 0 aromatic rings. The fourth-order valence-corrected chi connectivity index (χ4v) is 10.3. The van der Waals surface area contributed by atoms with E-state index in [9.17, 15) is 9.59 Å². The Morgan fingerprint density at radius 3 is 0.911 bits per heavy atom. The van der Waals surface area contributed by atoms with Gasteiger partial charge >= 0.3 is 0 Å². The van der Waals surface area contributed by atoms with Crippen molar-refractivity contribution in [2.75, 3.05) is 27.3 Å². The summed E-state index contributed by atoms with van der Waals surface area (Å²) in [7, 11) is 3.44. The number of ether oxygens (including phenoxy) is 2. The Bertz CT molecular complexity index is 1010. The largest absolute Gasteiger partial charge is 0.365 e. The molecule has 3 aliphatic heterocycles. The topological polar surface area (TPSA) is 83.1 Å². The molecule has 2 amide bonds. The zero-order chi connectivity index (χ0) is 40.9. The van der Waals surface area contributed by atoms with Crippen LogP contribution in [-0.4, -0.2) is 83.5 Å². The van der Waals surface area contributed by atoms with Gasteiger partial charge < -0.3 is 20.1 Å². The van der Waals surface area contributed by atoms with Crippen LogP contribution < -0.4 is 10.6 Å². The van der Waals surface area contributed by atoms with E-state index >= 15 is 0 Å². The predicted octanol–water partition coefficient (Wildman–Crippen LogP) is 11.6. The first kappa shape index (κ1) is 49.1. The van der Waals surface area contributed by atoms with Crippen LogP contribution in [0.3, 0.4) is 0 Å². The molecule has 56 heavy (non-hydrogen) atoms. The number of carbonyl (C=O) groups excluding carboxylic acids is 2. The van der Waals surface area contributed by atoms with Gasteiger partial charge in [-0.3, -0.25) is 19.4 Å². The molecule has 0 aromatic heterocycles. The van der Waals surface area contributed by atoms with E-state index < -0.39 is 22.3 Å². The minimum atomic E-state index is -1.03. The van der Waals surface area contributed by atoms with E-state index in [0.717, 1.165) is 25.7 Å². The van der Waals surface area contributed by atoms with Gasteiger partial charge in [-0.25, -0.2) is 0 Å². The number of unbranched alkanes of at least 4 members (excludes halogenated alkanes) is 26. The highest BCUT2D eigenvalue weighted by Gasteiger charge is 2.70. The first-order valence-corrected chi connectivity index (χ1v) is 24.2. The van der Waals surface area contributed by atoms with Gasteiger partial charge in [0.25, 0.3) is 11.8 Å². The van der Waals surface area contributed by atoms with Crippen molar-refractivity contribution in [1.29, 1.82) is 0 Å². The Balaban J connectivity index is 1.57. The van der Waals surface area contributed by atoms with Crippen LogP contribution in [0, 0.1) is 0 Å². The van der Waals surface area contributed by atoms with E-state index in [-0.39, 0.29) is 24.1 Å². The summed E-state index contributed by atoms with van der Waals surface area (Å²) in [5.41, 5.74) is -3.02. The van der Waals surface area contributed by atoms with E-state index in [0.29, 0.717) is 25.9 Å². The van der Waals surface area contributed by atoms with E-state index in [1.807, 2.05) is 0 Å². The third kappa shape index (κ3) is 14.5. The molecule has 0 spiro atoms. The summed E-state index contributed by atoms with van der Waals surface area (Å²) in [6.45, 7) is 14.2. The van der Waals surface area contributed by atoms with Gasteiger partial charge in [-0.2, -0.15) is 0 Å². The summed E-state index contributed by atoms with van der Waals surface area (Å²) in [5, 5.41) is 6.77. The zero-order valence-electron chi connectivity index (χ0n) is 38.3. The second-order valence-corrected chi connectivity index (χ2v) is 19.6. The molecule has 3 fully saturated rings. The van der Waals surface area contributed by atoms with Crippen LogP contribution in [-0.2, 0) is 19.1 Å². The number of nitrogens with one attached hydrogen (secondary N) is 2. The SMILES string of the molecule is CCCCCCCCCCCCCCCCC1(OC)C(=O)NC(C)(C)CN2C1N1CC(C)(C)NC(=O)C(CCCCCCCCCCCCCCCC)(OC)C21. The lowest BCUT2D eigenvalue weighted by Crippen LogP contribution is -2.85. The molecule has 8 nitrogen and oxygen atoms in total. The minimum absolute atomic E-state index is 0.0260. The summed E-state index contributed by atoms with van der Waals surface area (Å²) in [4.78, 5) is 33.5. The third-order valence-electron chi connectivity index (χ3n) is 13.5. The van der Waals surface area contributed by atoms with E-state index in [4.69, 9.17) is 9.47 Å². The molecule has 0 aromatic carbocycles. The zero-order valence-corrected chi connectivity index (χ0v) is 38.3. The maximum Gasteiger partial charge on any atom is 0.255 e. The average Bonchev–Trinajstić information content (AvgIpc) is 3.27. The molecule has 0 bridgehead atoms. The molecule has 3 heterocycles. The van der Waals surface area contributed by atoms with Gasteiger partial charge in [-0.1, -0.05) is 181 Å². The number of hydrogen-bond donors (Lipinski definition) is 2. The van der Waals surface area contributed by atoms with Crippen LogP contribution in [0.4, 0.5) is 0 Å². The number of nitrogens with zero attached hydrogens (tertiary/aromatic N) is 2. The van der Waals surface area contributed by atoms with Gasteiger partial charge in [-0.15, -0.1) is 0 Å². The van der Waals surface area contributed by atoms with Crippen LogP contribution in [0.25, 0.3) is 0 Å². The standard InChI is InChI=1S/C48H92N4O4/c1-9-11-13-15-17-19-21-23-25-27-29-31-33-35-37-47(55-7)41(53)49-45(3,4)39-51-43(47)52-40-46(5,6)50-42(54)48(56-8,44(51)52)38-36-34-32-30-28-26-24-22-20-18-16-14-12-10-2/h43-44H,9-40H2,1-8H3,(H,49,53)(H,50,54). The monoisotopic (exact) mass is 789 g/mol. The summed E-state index contributed by atoms with van der Waals surface area (Å²) >= 11 is 0. The molecule has 0 radical (unpaired) electrons. The Kier molecular flexibility index (Phi) is 22.3. The molecular weight excluding hydrogens is 697 g/mol. The maximum absolute atomic E-state index is 14.4. The lowest BCUT2D eigenvalue weighted by Gasteiger charge is -2.65. The number of methoxy groups -OCH3 is 2. The van der Waals surface area contributed by atoms with Gasteiger partial charge in [0, 0.05) is 38.4 Å². The van der Waals surface area contributed by atoms with Gasteiger partial charge in [0.2, 0.25) is 0 Å². The molecule has 2 atom stereocenters. The molecule has 3 rings (SSSR count). The molecule has 3 aliphatic rings. The van der Waals surface area contributed by atoms with Gasteiger partial charge in [0.15, 0.2) is 11.2 Å². The highest BCUT2D eigenvalue weighted by Crippen LogP contribution is 2.49. The van der Waals surface area contributed by atoms with E-state index in [1.165, 1.54) is 154 Å². The lowest BCUT2D eigenvalue weighted by molar-refractivity contribution is -0.290. The van der Waals surface area contributed by atoms with Crippen LogP contribution in [0.5, 0.6) is 0 Å². The van der Waals surface area contributed by atoms with Gasteiger partial charge in [0.05, 0.1) is 0 Å². The normalized spacial score (nSPS) is 26.1. The number of carbonyl (C=O) groups is 2. The van der Waals surface area contributed by atoms with Crippen molar-refractivity contribution in [3.05, 3.63) is 0 Å². The van der Waals surface area contributed by atoms with Crippen molar-refractivity contribution < 1.29 is 19.1 Å². The number of amides is 2. The van der Waals surface area contributed by atoms with Crippen molar-refractivity contribution in [1.82, 2.24) is 20.4 Å². The van der Waals surface area contributed by atoms with Crippen molar-refractivity contribution in [2.45, 2.75) is 269 Å². The molecule has 2 N–H and O–H groups in total. The molecular formula is C48H92N4O4. The number of fused-ring (bicyclic) bond motifs is 4. The number of hydrogen-bond acceptors (Lipinski definition) is 6. The summed E-state index contributed by atoms with van der Waals surface area (Å²) < 4.78 is 12.9. The molecule has 0 saturated carbocycles. The van der Waals surface area contributed by atoms with E-state index in [2.05, 4.69) is 62.0 Å². The highest BCUT2D eigenvalue weighted by molar-refractivity contribution is 5.89. The first-order valence-electron chi connectivity index (χ1n) is 24.2. The molecule has 328 valence electrons. The van der Waals surface area contributed by atoms with Crippen LogP contribution in [0.2, 0.25) is 0 Å². The maximum atomic E-state index is 14.4. The Morgan fingerprint density at radius 1 is 0.446 bits per heavy atom. The second kappa shape index (κ2) is 25.4. The molecule has 2 unspecified atom stereocenters.